The number of carbonyl (C=O) groups is 2. The van der Waals surface area contributed by atoms with Crippen molar-refractivity contribution in [3.8, 4) is 0 Å². The highest BCUT2D eigenvalue weighted by atomic mass is 32.2. The van der Waals surface area contributed by atoms with E-state index in [1.807, 2.05) is 36.6 Å². The molecule has 0 bridgehead atoms. The Balaban J connectivity index is 2.33. The Morgan fingerprint density at radius 3 is 2.53 bits per heavy atom. The van der Waals surface area contributed by atoms with Crippen LogP contribution in [-0.2, 0) is 11.3 Å². The van der Waals surface area contributed by atoms with Gasteiger partial charge in [-0.1, -0.05) is 30.3 Å². The zero-order valence-electron chi connectivity index (χ0n) is 9.90. The van der Waals surface area contributed by atoms with Crippen LogP contribution in [0.4, 0.5) is 4.79 Å². The van der Waals surface area contributed by atoms with Gasteiger partial charge in [0.15, 0.2) is 0 Å². The molecule has 0 spiro atoms. The first-order chi connectivity index (χ1) is 8.13. The molecule has 1 aromatic rings. The molecule has 1 rings (SSSR count). The van der Waals surface area contributed by atoms with E-state index in [0.717, 1.165) is 5.56 Å². The van der Waals surface area contributed by atoms with Crippen LogP contribution in [0.15, 0.2) is 30.3 Å². The summed E-state index contributed by atoms with van der Waals surface area (Å²) in [5.41, 5.74) is 0.994. The average Bonchev–Trinajstić information content (AvgIpc) is 2.36. The molecule has 0 aromatic heterocycles. The van der Waals surface area contributed by atoms with Crippen LogP contribution in [0.1, 0.15) is 12.5 Å². The van der Waals surface area contributed by atoms with E-state index in [1.54, 1.807) is 6.92 Å². The molecule has 0 aliphatic rings. The Kier molecular flexibility index (Phi) is 5.56. The monoisotopic (exact) mass is 252 g/mol. The number of nitrogens with one attached hydrogen (secondary N) is 2. The first kappa shape index (κ1) is 13.6. The summed E-state index contributed by atoms with van der Waals surface area (Å²) in [4.78, 5) is 22.8. The maximum atomic E-state index is 11.4. The number of carbonyl (C=O) groups excluding carboxylic acids is 2. The van der Waals surface area contributed by atoms with Gasteiger partial charge in [0.2, 0.25) is 5.91 Å². The van der Waals surface area contributed by atoms with Crippen LogP contribution >= 0.6 is 11.8 Å². The summed E-state index contributed by atoms with van der Waals surface area (Å²) in [6.07, 6.45) is 1.83. The van der Waals surface area contributed by atoms with Crippen LogP contribution in [0, 0.1) is 0 Å². The van der Waals surface area contributed by atoms with Gasteiger partial charge in [-0.25, -0.2) is 4.79 Å². The minimum absolute atomic E-state index is 0.225. The van der Waals surface area contributed by atoms with E-state index in [-0.39, 0.29) is 11.2 Å². The first-order valence-electron chi connectivity index (χ1n) is 5.29. The molecule has 92 valence electrons. The summed E-state index contributed by atoms with van der Waals surface area (Å²) in [7, 11) is 0. The minimum atomic E-state index is -0.459. The Morgan fingerprint density at radius 1 is 1.29 bits per heavy atom. The van der Waals surface area contributed by atoms with E-state index < -0.39 is 6.03 Å². The molecule has 0 aliphatic carbocycles. The topological polar surface area (TPSA) is 58.2 Å². The lowest BCUT2D eigenvalue weighted by Crippen LogP contribution is -2.42. The Morgan fingerprint density at radius 2 is 1.94 bits per heavy atom. The van der Waals surface area contributed by atoms with Gasteiger partial charge < -0.3 is 5.32 Å². The number of hydrogen-bond donors (Lipinski definition) is 2. The Labute approximate surface area is 105 Å². The summed E-state index contributed by atoms with van der Waals surface area (Å²) >= 11 is 1.40. The van der Waals surface area contributed by atoms with Gasteiger partial charge in [0.25, 0.3) is 0 Å². The molecule has 0 unspecified atom stereocenters. The highest BCUT2D eigenvalue weighted by Gasteiger charge is 2.13. The van der Waals surface area contributed by atoms with Crippen molar-refractivity contribution in [1.82, 2.24) is 10.6 Å². The lowest BCUT2D eigenvalue weighted by atomic mass is 10.2. The van der Waals surface area contributed by atoms with E-state index in [2.05, 4.69) is 10.6 Å². The normalized spacial score (nSPS) is 11.6. The number of amides is 3. The quantitative estimate of drug-likeness (QED) is 0.858. The summed E-state index contributed by atoms with van der Waals surface area (Å²) in [5.74, 6) is -0.275. The summed E-state index contributed by atoms with van der Waals surface area (Å²) in [6, 6.07) is 9.07. The highest BCUT2D eigenvalue weighted by molar-refractivity contribution is 7.99. The Bertz CT molecular complexity index is 381. The van der Waals surface area contributed by atoms with Crippen molar-refractivity contribution >= 4 is 23.7 Å². The van der Waals surface area contributed by atoms with Crippen molar-refractivity contribution in [1.29, 1.82) is 0 Å². The fourth-order valence-electron chi connectivity index (χ4n) is 1.14. The molecular weight excluding hydrogens is 236 g/mol. The molecule has 1 atom stereocenters. The molecule has 2 N–H and O–H groups in total. The largest absolute Gasteiger partial charge is 0.334 e. The second kappa shape index (κ2) is 6.96. The number of imide groups is 1. The van der Waals surface area contributed by atoms with Gasteiger partial charge in [-0.2, -0.15) is 11.8 Å². The number of thioether (sulfide) groups is 1. The lowest BCUT2D eigenvalue weighted by Gasteiger charge is -2.09. The average molecular weight is 252 g/mol. The van der Waals surface area contributed by atoms with Gasteiger partial charge in [-0.05, 0) is 18.7 Å². The molecule has 4 nitrogen and oxygen atoms in total. The summed E-state index contributed by atoms with van der Waals surface area (Å²) in [5, 5.41) is 4.70. The number of hydrogen-bond acceptors (Lipinski definition) is 3. The second-order valence-electron chi connectivity index (χ2n) is 3.54. The van der Waals surface area contributed by atoms with Crippen LogP contribution in [0.3, 0.4) is 0 Å². The standard InChI is InChI=1S/C12H16N2O2S/c1-9(17-2)11(15)14-12(16)13-8-10-6-4-3-5-7-10/h3-7,9H,8H2,1-2H3,(H2,13,14,15,16)/t9-/m0/s1. The van der Waals surface area contributed by atoms with Crippen molar-refractivity contribution < 1.29 is 9.59 Å². The fraction of sp³-hybridized carbons (Fsp3) is 0.333. The molecule has 1 aromatic carbocycles. The van der Waals surface area contributed by atoms with E-state index in [1.165, 1.54) is 11.8 Å². The van der Waals surface area contributed by atoms with E-state index in [4.69, 9.17) is 0 Å². The van der Waals surface area contributed by atoms with Crippen molar-refractivity contribution in [3.63, 3.8) is 0 Å². The molecule has 0 aliphatic heterocycles. The molecule has 0 fully saturated rings. The molecule has 0 radical (unpaired) electrons. The van der Waals surface area contributed by atoms with Crippen LogP contribution in [0.5, 0.6) is 0 Å². The maximum Gasteiger partial charge on any atom is 0.321 e. The predicted octanol–water partition coefficient (Wildman–Crippen LogP) is 1.76. The van der Waals surface area contributed by atoms with Crippen LogP contribution in [0.2, 0.25) is 0 Å². The molecule has 0 heterocycles. The zero-order chi connectivity index (χ0) is 12.7. The SMILES string of the molecule is CS[C@@H](C)C(=O)NC(=O)NCc1ccccc1. The van der Waals surface area contributed by atoms with Crippen molar-refractivity contribution in [2.45, 2.75) is 18.7 Å². The third kappa shape index (κ3) is 4.91. The van der Waals surface area contributed by atoms with Crippen LogP contribution < -0.4 is 10.6 Å². The van der Waals surface area contributed by atoms with Gasteiger partial charge >= 0.3 is 6.03 Å². The van der Waals surface area contributed by atoms with E-state index in [9.17, 15) is 9.59 Å². The lowest BCUT2D eigenvalue weighted by molar-refractivity contribution is -0.119. The summed E-state index contributed by atoms with van der Waals surface area (Å²) < 4.78 is 0. The summed E-state index contributed by atoms with van der Waals surface area (Å²) in [6.45, 7) is 2.16. The van der Waals surface area contributed by atoms with Gasteiger partial charge in [-0.15, -0.1) is 0 Å². The van der Waals surface area contributed by atoms with Crippen molar-refractivity contribution in [2.75, 3.05) is 6.26 Å². The second-order valence-corrected chi connectivity index (χ2v) is 4.71. The van der Waals surface area contributed by atoms with Crippen molar-refractivity contribution in [2.24, 2.45) is 0 Å². The van der Waals surface area contributed by atoms with E-state index >= 15 is 0 Å². The number of benzene rings is 1. The first-order valence-corrected chi connectivity index (χ1v) is 6.57. The van der Waals surface area contributed by atoms with Gasteiger partial charge in [0.05, 0.1) is 5.25 Å². The number of urea groups is 1. The van der Waals surface area contributed by atoms with Gasteiger partial charge in [-0.3, -0.25) is 10.1 Å². The highest BCUT2D eigenvalue weighted by Crippen LogP contribution is 2.04. The van der Waals surface area contributed by atoms with Crippen molar-refractivity contribution in [3.05, 3.63) is 35.9 Å². The molecule has 3 amide bonds. The van der Waals surface area contributed by atoms with Gasteiger partial charge in [0.1, 0.15) is 0 Å². The van der Waals surface area contributed by atoms with Gasteiger partial charge in [0, 0.05) is 6.54 Å². The Hall–Kier alpha value is -1.49. The molecule has 17 heavy (non-hydrogen) atoms. The molecule has 0 saturated carbocycles. The molecule has 0 saturated heterocycles. The third-order valence-corrected chi connectivity index (χ3v) is 3.18. The molecule has 5 heteroatoms. The zero-order valence-corrected chi connectivity index (χ0v) is 10.7. The minimum Gasteiger partial charge on any atom is -0.334 e. The van der Waals surface area contributed by atoms with Crippen LogP contribution in [0.25, 0.3) is 0 Å². The molecular formula is C12H16N2O2S. The third-order valence-electron chi connectivity index (χ3n) is 2.26. The smallest absolute Gasteiger partial charge is 0.321 e. The predicted molar refractivity (Wildman–Crippen MR) is 69.8 cm³/mol. The number of rotatable bonds is 4. The van der Waals surface area contributed by atoms with Crippen LogP contribution in [-0.4, -0.2) is 23.4 Å². The van der Waals surface area contributed by atoms with E-state index in [0.29, 0.717) is 6.54 Å². The fourth-order valence-corrected chi connectivity index (χ4v) is 1.42. The maximum absolute atomic E-state index is 11.4.